The fourth-order valence-electron chi connectivity index (χ4n) is 2.98. The van der Waals surface area contributed by atoms with Crippen LogP contribution in [0.2, 0.25) is 5.02 Å². The Morgan fingerprint density at radius 2 is 2.22 bits per heavy atom. The van der Waals surface area contributed by atoms with E-state index in [0.29, 0.717) is 36.1 Å². The Bertz CT molecular complexity index is 758. The number of hydrogen-bond acceptors (Lipinski definition) is 6. The van der Waals surface area contributed by atoms with E-state index in [2.05, 4.69) is 5.32 Å². The van der Waals surface area contributed by atoms with Crippen molar-refractivity contribution in [1.82, 2.24) is 5.32 Å². The summed E-state index contributed by atoms with van der Waals surface area (Å²) in [6, 6.07) is 8.09. The summed E-state index contributed by atoms with van der Waals surface area (Å²) in [6.45, 7) is 3.55. The number of benzene rings is 1. The molecule has 2 heterocycles. The summed E-state index contributed by atoms with van der Waals surface area (Å²) in [7, 11) is 0. The molecule has 1 atom stereocenters. The summed E-state index contributed by atoms with van der Waals surface area (Å²) in [4.78, 5) is 10.7. The molecular weight excluding hydrogens is 372 g/mol. The lowest BCUT2D eigenvalue weighted by Gasteiger charge is -2.10. The van der Waals surface area contributed by atoms with E-state index in [-0.39, 0.29) is 11.8 Å². The summed E-state index contributed by atoms with van der Waals surface area (Å²) in [5.41, 5.74) is 0.345. The van der Waals surface area contributed by atoms with Gasteiger partial charge in [-0.2, -0.15) is 0 Å². The van der Waals surface area contributed by atoms with Gasteiger partial charge in [-0.05, 0) is 50.1 Å². The Morgan fingerprint density at radius 1 is 1.33 bits per heavy atom. The van der Waals surface area contributed by atoms with Crippen LogP contribution in [0.15, 0.2) is 34.7 Å². The monoisotopic (exact) mass is 394 g/mol. The highest BCUT2D eigenvalue weighted by molar-refractivity contribution is 6.30. The van der Waals surface area contributed by atoms with Crippen LogP contribution in [0.3, 0.4) is 0 Å². The molecule has 1 N–H and O–H groups in total. The van der Waals surface area contributed by atoms with Crippen molar-refractivity contribution in [2.45, 2.75) is 31.9 Å². The van der Waals surface area contributed by atoms with Gasteiger partial charge in [0.1, 0.15) is 11.5 Å². The number of ether oxygens (including phenoxy) is 2. The zero-order chi connectivity index (χ0) is 19.1. The first kappa shape index (κ1) is 19.8. The van der Waals surface area contributed by atoms with E-state index in [1.165, 1.54) is 6.07 Å². The van der Waals surface area contributed by atoms with Gasteiger partial charge in [0.25, 0.3) is 5.69 Å². The van der Waals surface area contributed by atoms with Gasteiger partial charge in [0, 0.05) is 24.3 Å². The van der Waals surface area contributed by atoms with E-state index in [1.54, 1.807) is 18.2 Å². The third-order valence-corrected chi connectivity index (χ3v) is 4.59. The van der Waals surface area contributed by atoms with Crippen LogP contribution in [0.5, 0.6) is 0 Å². The summed E-state index contributed by atoms with van der Waals surface area (Å²) in [5, 5.41) is 14.8. The Kier molecular flexibility index (Phi) is 7.23. The van der Waals surface area contributed by atoms with Crippen LogP contribution in [0.1, 0.15) is 25.0 Å². The van der Waals surface area contributed by atoms with Crippen molar-refractivity contribution in [1.29, 1.82) is 0 Å². The lowest BCUT2D eigenvalue weighted by Crippen LogP contribution is -2.18. The van der Waals surface area contributed by atoms with Crippen LogP contribution in [0.25, 0.3) is 11.3 Å². The van der Waals surface area contributed by atoms with Crippen LogP contribution in [-0.4, -0.2) is 37.4 Å². The minimum atomic E-state index is -0.460. The highest BCUT2D eigenvalue weighted by atomic mass is 35.5. The molecule has 1 aromatic carbocycles. The molecule has 0 aliphatic carbocycles. The molecule has 2 aromatic rings. The number of rotatable bonds is 10. The van der Waals surface area contributed by atoms with Crippen LogP contribution < -0.4 is 5.32 Å². The normalized spacial score (nSPS) is 16.7. The first-order valence-electron chi connectivity index (χ1n) is 9.06. The molecule has 8 heteroatoms. The Hall–Kier alpha value is -1.93. The zero-order valence-corrected chi connectivity index (χ0v) is 15.7. The molecule has 0 radical (unpaired) electrons. The number of hydrogen-bond donors (Lipinski definition) is 1. The summed E-state index contributed by atoms with van der Waals surface area (Å²) in [6.07, 6.45) is 3.37. The molecule has 1 aliphatic heterocycles. The summed E-state index contributed by atoms with van der Waals surface area (Å²) < 4.78 is 16.9. The van der Waals surface area contributed by atoms with Crippen molar-refractivity contribution in [2.75, 3.05) is 26.4 Å². The number of nitro groups is 1. The van der Waals surface area contributed by atoms with Gasteiger partial charge in [-0.1, -0.05) is 11.6 Å². The molecule has 0 saturated carbocycles. The van der Waals surface area contributed by atoms with E-state index in [1.807, 2.05) is 6.07 Å². The topological polar surface area (TPSA) is 86.8 Å². The molecule has 0 bridgehead atoms. The molecule has 1 unspecified atom stereocenters. The molecule has 1 fully saturated rings. The second kappa shape index (κ2) is 9.85. The van der Waals surface area contributed by atoms with Crippen molar-refractivity contribution < 1.29 is 18.8 Å². The molecule has 0 amide bonds. The van der Waals surface area contributed by atoms with Crippen LogP contribution in [0.4, 0.5) is 5.69 Å². The lowest BCUT2D eigenvalue weighted by molar-refractivity contribution is -0.384. The van der Waals surface area contributed by atoms with Crippen molar-refractivity contribution in [3.63, 3.8) is 0 Å². The van der Waals surface area contributed by atoms with Crippen molar-refractivity contribution in [2.24, 2.45) is 0 Å². The smallest absolute Gasteiger partial charge is 0.281 e. The molecule has 1 aliphatic rings. The van der Waals surface area contributed by atoms with Crippen LogP contribution in [-0.2, 0) is 16.0 Å². The maximum absolute atomic E-state index is 11.2. The van der Waals surface area contributed by atoms with E-state index >= 15 is 0 Å². The van der Waals surface area contributed by atoms with Crippen LogP contribution in [0, 0.1) is 10.1 Å². The van der Waals surface area contributed by atoms with Crippen molar-refractivity contribution >= 4 is 17.3 Å². The predicted molar refractivity (Wildman–Crippen MR) is 102 cm³/mol. The largest absolute Gasteiger partial charge is 0.459 e. The second-order valence-corrected chi connectivity index (χ2v) is 6.86. The highest BCUT2D eigenvalue weighted by Crippen LogP contribution is 2.33. The van der Waals surface area contributed by atoms with Gasteiger partial charge >= 0.3 is 0 Å². The fraction of sp³-hybridized carbons (Fsp3) is 0.474. The minimum absolute atomic E-state index is 0.0697. The number of nitrogens with zero attached hydrogens (tertiary/aromatic N) is 1. The number of furan rings is 1. The van der Waals surface area contributed by atoms with Crippen molar-refractivity contribution in [3.05, 3.63) is 51.2 Å². The van der Waals surface area contributed by atoms with Gasteiger partial charge in [-0.15, -0.1) is 0 Å². The molecule has 0 spiro atoms. The molecular formula is C19H23ClN2O5. The van der Waals surface area contributed by atoms with Crippen LogP contribution >= 0.6 is 11.6 Å². The summed E-state index contributed by atoms with van der Waals surface area (Å²) in [5.74, 6) is 1.17. The van der Waals surface area contributed by atoms with E-state index in [0.717, 1.165) is 38.2 Å². The third-order valence-electron chi connectivity index (χ3n) is 4.35. The number of nitro benzene ring substituents is 1. The van der Waals surface area contributed by atoms with Gasteiger partial charge in [0.15, 0.2) is 0 Å². The van der Waals surface area contributed by atoms with Gasteiger partial charge in [-0.3, -0.25) is 10.1 Å². The quantitative estimate of drug-likeness (QED) is 0.369. The van der Waals surface area contributed by atoms with E-state index in [4.69, 9.17) is 25.5 Å². The van der Waals surface area contributed by atoms with E-state index < -0.39 is 4.92 Å². The fourth-order valence-corrected chi connectivity index (χ4v) is 3.15. The Labute approximate surface area is 162 Å². The molecule has 27 heavy (non-hydrogen) atoms. The maximum Gasteiger partial charge on any atom is 0.281 e. The van der Waals surface area contributed by atoms with Gasteiger partial charge < -0.3 is 19.2 Å². The lowest BCUT2D eigenvalue weighted by atomic mass is 10.1. The standard InChI is InChI=1S/C19H23ClN2O5/c20-14-4-6-17(18(11-14)22(23)24)19-7-5-15(27-19)12-21-8-2-9-25-13-16-3-1-10-26-16/h4-7,11,16,21H,1-3,8-10,12-13H2. The van der Waals surface area contributed by atoms with Gasteiger partial charge in [0.2, 0.25) is 0 Å². The van der Waals surface area contributed by atoms with Crippen molar-refractivity contribution in [3.8, 4) is 11.3 Å². The van der Waals surface area contributed by atoms with Gasteiger partial charge in [0.05, 0.1) is 29.7 Å². The average molecular weight is 395 g/mol. The molecule has 1 saturated heterocycles. The first-order valence-corrected chi connectivity index (χ1v) is 9.44. The Balaban J connectivity index is 1.41. The average Bonchev–Trinajstić information content (AvgIpc) is 3.32. The molecule has 1 aromatic heterocycles. The highest BCUT2D eigenvalue weighted by Gasteiger charge is 2.18. The SMILES string of the molecule is O=[N+]([O-])c1cc(Cl)ccc1-c1ccc(CNCCCOCC2CCCO2)o1. The third kappa shape index (κ3) is 5.77. The molecule has 146 valence electrons. The molecule has 7 nitrogen and oxygen atoms in total. The summed E-state index contributed by atoms with van der Waals surface area (Å²) >= 11 is 5.85. The van der Waals surface area contributed by atoms with Gasteiger partial charge in [-0.25, -0.2) is 0 Å². The maximum atomic E-state index is 11.2. The predicted octanol–water partition coefficient (Wildman–Crippen LogP) is 4.18. The molecule has 3 rings (SSSR count). The second-order valence-electron chi connectivity index (χ2n) is 6.42. The minimum Gasteiger partial charge on any atom is -0.459 e. The zero-order valence-electron chi connectivity index (χ0n) is 15.0. The van der Waals surface area contributed by atoms with E-state index in [9.17, 15) is 10.1 Å². The number of halogens is 1. The number of nitrogens with one attached hydrogen (secondary N) is 1. The first-order chi connectivity index (χ1) is 13.1. The Morgan fingerprint density at radius 3 is 3.00 bits per heavy atom.